The Bertz CT molecular complexity index is 979. The second-order valence-electron chi connectivity index (χ2n) is 6.20. The monoisotopic (exact) mass is 378 g/mol. The lowest BCUT2D eigenvalue weighted by Crippen LogP contribution is -2.30. The van der Waals surface area contributed by atoms with E-state index < -0.39 is 11.7 Å². The van der Waals surface area contributed by atoms with Crippen LogP contribution in [0.2, 0.25) is 0 Å². The van der Waals surface area contributed by atoms with E-state index >= 15 is 0 Å². The molecule has 28 heavy (non-hydrogen) atoms. The van der Waals surface area contributed by atoms with Crippen LogP contribution < -0.4 is 5.32 Å². The van der Waals surface area contributed by atoms with Gasteiger partial charge in [-0.2, -0.15) is 0 Å². The highest BCUT2D eigenvalue weighted by Crippen LogP contribution is 2.11. The number of nitrogens with one attached hydrogen (secondary N) is 1. The number of likely N-dealkylation sites (N-methyl/N-ethyl adjacent to an activating group) is 1. The molecule has 7 heteroatoms. The lowest BCUT2D eigenvalue weighted by Gasteiger charge is -2.17. The van der Waals surface area contributed by atoms with Crippen molar-refractivity contribution < 1.29 is 14.0 Å². The van der Waals surface area contributed by atoms with E-state index in [2.05, 4.69) is 15.3 Å². The Morgan fingerprint density at radius 2 is 1.75 bits per heavy atom. The molecule has 0 atom stereocenters. The average molecular weight is 378 g/mol. The lowest BCUT2D eigenvalue weighted by atomic mass is 10.2. The van der Waals surface area contributed by atoms with Gasteiger partial charge in [0, 0.05) is 31.7 Å². The molecule has 0 aliphatic heterocycles. The second-order valence-corrected chi connectivity index (χ2v) is 6.20. The Morgan fingerprint density at radius 1 is 1.04 bits per heavy atom. The summed E-state index contributed by atoms with van der Waals surface area (Å²) in [7, 11) is 1.69. The molecule has 0 aliphatic rings. The number of hydrogen-bond acceptors (Lipinski definition) is 4. The third-order valence-corrected chi connectivity index (χ3v) is 4.12. The number of pyridine rings is 2. The highest BCUT2D eigenvalue weighted by atomic mass is 19.1. The number of anilines is 1. The third kappa shape index (κ3) is 4.97. The van der Waals surface area contributed by atoms with Gasteiger partial charge in [0.2, 0.25) is 0 Å². The van der Waals surface area contributed by atoms with Crippen LogP contribution in [0.15, 0.2) is 67.0 Å². The molecule has 0 saturated carbocycles. The summed E-state index contributed by atoms with van der Waals surface area (Å²) in [4.78, 5) is 34.6. The normalized spacial score (nSPS) is 10.4. The van der Waals surface area contributed by atoms with Crippen LogP contribution in [-0.2, 0) is 6.42 Å². The van der Waals surface area contributed by atoms with Gasteiger partial charge in [0.15, 0.2) is 0 Å². The van der Waals surface area contributed by atoms with E-state index in [9.17, 15) is 14.0 Å². The molecule has 142 valence electrons. The first-order valence-corrected chi connectivity index (χ1v) is 8.71. The summed E-state index contributed by atoms with van der Waals surface area (Å²) in [6.07, 6.45) is 4.10. The topological polar surface area (TPSA) is 75.2 Å². The summed E-state index contributed by atoms with van der Waals surface area (Å²) in [5.74, 6) is -1.25. The van der Waals surface area contributed by atoms with Crippen LogP contribution in [0.25, 0.3) is 0 Å². The van der Waals surface area contributed by atoms with Crippen LogP contribution in [0.4, 0.5) is 10.1 Å². The Hall–Kier alpha value is -3.61. The predicted octanol–water partition coefficient (Wildman–Crippen LogP) is 3.18. The Balaban J connectivity index is 1.66. The molecule has 2 heterocycles. The van der Waals surface area contributed by atoms with E-state index in [0.717, 1.165) is 5.56 Å². The summed E-state index contributed by atoms with van der Waals surface area (Å²) in [5.41, 5.74) is 1.64. The summed E-state index contributed by atoms with van der Waals surface area (Å²) < 4.78 is 13.3. The van der Waals surface area contributed by atoms with Crippen molar-refractivity contribution in [3.05, 3.63) is 89.8 Å². The van der Waals surface area contributed by atoms with Crippen molar-refractivity contribution in [1.29, 1.82) is 0 Å². The second kappa shape index (κ2) is 8.85. The number of amides is 2. The van der Waals surface area contributed by atoms with E-state index in [1.165, 1.54) is 24.3 Å². The molecule has 2 amide bonds. The third-order valence-electron chi connectivity index (χ3n) is 4.12. The average Bonchev–Trinajstić information content (AvgIpc) is 2.72. The van der Waals surface area contributed by atoms with E-state index in [4.69, 9.17) is 0 Å². The first-order valence-electron chi connectivity index (χ1n) is 8.71. The van der Waals surface area contributed by atoms with E-state index in [1.807, 2.05) is 12.1 Å². The molecule has 0 aliphatic carbocycles. The van der Waals surface area contributed by atoms with Crippen LogP contribution in [-0.4, -0.2) is 40.3 Å². The summed E-state index contributed by atoms with van der Waals surface area (Å²) in [6.45, 7) is 0.504. The summed E-state index contributed by atoms with van der Waals surface area (Å²) in [5, 5.41) is 2.57. The standard InChI is InChI=1S/C21H19FN4O2/c1-26(13-10-15-8-11-23-12-9-15)21(28)19-7-3-6-18(25-19)20(27)24-17-5-2-4-16(22)14-17/h2-9,11-12,14H,10,13H2,1H3,(H,24,27). The molecule has 2 aromatic heterocycles. The van der Waals surface area contributed by atoms with Crippen LogP contribution in [0.3, 0.4) is 0 Å². The predicted molar refractivity (Wildman–Crippen MR) is 103 cm³/mol. The van der Waals surface area contributed by atoms with Crippen LogP contribution in [0.1, 0.15) is 26.5 Å². The molecule has 0 spiro atoms. The fraction of sp³-hybridized carbons (Fsp3) is 0.143. The highest BCUT2D eigenvalue weighted by Gasteiger charge is 2.16. The maximum atomic E-state index is 13.3. The number of aromatic nitrogens is 2. The number of carbonyl (C=O) groups excluding carboxylic acids is 2. The fourth-order valence-corrected chi connectivity index (χ4v) is 2.58. The molecule has 3 aromatic rings. The molecule has 3 rings (SSSR count). The molecular formula is C21H19FN4O2. The van der Waals surface area contributed by atoms with E-state index in [1.54, 1.807) is 42.5 Å². The molecule has 0 unspecified atom stereocenters. The van der Waals surface area contributed by atoms with Crippen molar-refractivity contribution in [2.75, 3.05) is 18.9 Å². The SMILES string of the molecule is CN(CCc1ccncc1)C(=O)c1cccc(C(=O)Nc2cccc(F)c2)n1. The van der Waals surface area contributed by atoms with Gasteiger partial charge in [-0.15, -0.1) is 0 Å². The van der Waals surface area contributed by atoms with Gasteiger partial charge >= 0.3 is 0 Å². The Kier molecular flexibility index (Phi) is 6.06. The quantitative estimate of drug-likeness (QED) is 0.715. The van der Waals surface area contributed by atoms with Gasteiger partial charge in [0.1, 0.15) is 17.2 Å². The smallest absolute Gasteiger partial charge is 0.274 e. The van der Waals surface area contributed by atoms with Crippen LogP contribution in [0, 0.1) is 5.82 Å². The molecule has 0 bridgehead atoms. The number of rotatable bonds is 6. The molecule has 0 fully saturated rings. The van der Waals surface area contributed by atoms with Crippen molar-refractivity contribution in [2.45, 2.75) is 6.42 Å². The largest absolute Gasteiger partial charge is 0.340 e. The van der Waals surface area contributed by atoms with Crippen molar-refractivity contribution in [3.63, 3.8) is 0 Å². The maximum absolute atomic E-state index is 13.3. The van der Waals surface area contributed by atoms with Gasteiger partial charge in [0.05, 0.1) is 0 Å². The van der Waals surface area contributed by atoms with Crippen molar-refractivity contribution in [2.24, 2.45) is 0 Å². The Labute approximate surface area is 162 Å². The van der Waals surface area contributed by atoms with Gasteiger partial charge in [-0.05, 0) is 54.4 Å². The van der Waals surface area contributed by atoms with Crippen molar-refractivity contribution >= 4 is 17.5 Å². The zero-order valence-corrected chi connectivity index (χ0v) is 15.3. The van der Waals surface area contributed by atoms with Gasteiger partial charge in [-0.1, -0.05) is 12.1 Å². The van der Waals surface area contributed by atoms with Gasteiger partial charge < -0.3 is 10.2 Å². The van der Waals surface area contributed by atoms with Crippen molar-refractivity contribution in [1.82, 2.24) is 14.9 Å². The lowest BCUT2D eigenvalue weighted by molar-refractivity contribution is 0.0790. The number of carbonyl (C=O) groups is 2. The zero-order valence-electron chi connectivity index (χ0n) is 15.3. The minimum Gasteiger partial charge on any atom is -0.340 e. The molecule has 6 nitrogen and oxygen atoms in total. The van der Waals surface area contributed by atoms with E-state index in [0.29, 0.717) is 18.7 Å². The Morgan fingerprint density at radius 3 is 2.50 bits per heavy atom. The number of hydrogen-bond donors (Lipinski definition) is 1. The van der Waals surface area contributed by atoms with Crippen LogP contribution in [0.5, 0.6) is 0 Å². The fourth-order valence-electron chi connectivity index (χ4n) is 2.58. The first-order chi connectivity index (χ1) is 13.5. The summed E-state index contributed by atoms with van der Waals surface area (Å²) >= 11 is 0. The molecule has 0 saturated heterocycles. The minimum absolute atomic E-state index is 0.0812. The summed E-state index contributed by atoms with van der Waals surface area (Å²) in [6, 6.07) is 14.0. The number of nitrogens with zero attached hydrogens (tertiary/aromatic N) is 3. The minimum atomic E-state index is -0.514. The molecule has 1 aromatic carbocycles. The number of benzene rings is 1. The van der Waals surface area contributed by atoms with Gasteiger partial charge in [-0.25, -0.2) is 9.37 Å². The molecular weight excluding hydrogens is 359 g/mol. The van der Waals surface area contributed by atoms with Crippen molar-refractivity contribution in [3.8, 4) is 0 Å². The van der Waals surface area contributed by atoms with Crippen LogP contribution >= 0.6 is 0 Å². The zero-order chi connectivity index (χ0) is 19.9. The highest BCUT2D eigenvalue weighted by molar-refractivity contribution is 6.03. The molecule has 0 radical (unpaired) electrons. The first kappa shape index (κ1) is 19.2. The van der Waals surface area contributed by atoms with Gasteiger partial charge in [-0.3, -0.25) is 14.6 Å². The maximum Gasteiger partial charge on any atom is 0.274 e. The van der Waals surface area contributed by atoms with E-state index in [-0.39, 0.29) is 17.3 Å². The van der Waals surface area contributed by atoms with Gasteiger partial charge in [0.25, 0.3) is 11.8 Å². The number of halogens is 1. The molecule has 1 N–H and O–H groups in total.